The van der Waals surface area contributed by atoms with Crippen molar-refractivity contribution in [2.24, 2.45) is 0 Å². The average molecular weight is 254 g/mol. The molecule has 1 aromatic rings. The third-order valence-corrected chi connectivity index (χ3v) is 2.67. The molecule has 0 fully saturated rings. The lowest BCUT2D eigenvalue weighted by atomic mass is 10.3. The van der Waals surface area contributed by atoms with E-state index < -0.39 is 6.10 Å². The van der Waals surface area contributed by atoms with E-state index in [1.807, 2.05) is 31.2 Å². The maximum Gasteiger partial charge on any atom is 0.119 e. The number of benzene rings is 1. The highest BCUT2D eigenvalue weighted by atomic mass is 16.5. The molecule has 0 spiro atoms. The smallest absolute Gasteiger partial charge is 0.119 e. The second-order valence-electron chi connectivity index (χ2n) is 4.28. The van der Waals surface area contributed by atoms with Gasteiger partial charge in [-0.3, -0.25) is 0 Å². The maximum absolute atomic E-state index is 9.16. The van der Waals surface area contributed by atoms with Crippen molar-refractivity contribution < 1.29 is 19.7 Å². The number of aliphatic hydroxyl groups is 2. The molecule has 2 unspecified atom stereocenters. The SMILES string of the molecule is CCC(C)Oc1ccc(OCCC(O)CO)cc1. The molecule has 0 aromatic heterocycles. The molecule has 0 aliphatic carbocycles. The summed E-state index contributed by atoms with van der Waals surface area (Å²) in [5, 5.41) is 17.8. The topological polar surface area (TPSA) is 58.9 Å². The van der Waals surface area contributed by atoms with Crippen LogP contribution in [-0.2, 0) is 0 Å². The third-order valence-electron chi connectivity index (χ3n) is 2.67. The van der Waals surface area contributed by atoms with Gasteiger partial charge < -0.3 is 19.7 Å². The van der Waals surface area contributed by atoms with E-state index in [1.165, 1.54) is 0 Å². The van der Waals surface area contributed by atoms with Crippen LogP contribution in [0.4, 0.5) is 0 Å². The molecule has 18 heavy (non-hydrogen) atoms. The van der Waals surface area contributed by atoms with Gasteiger partial charge in [-0.25, -0.2) is 0 Å². The van der Waals surface area contributed by atoms with Crippen LogP contribution in [0.2, 0.25) is 0 Å². The zero-order valence-electron chi connectivity index (χ0n) is 11.0. The molecule has 0 bridgehead atoms. The molecule has 0 heterocycles. The van der Waals surface area contributed by atoms with E-state index in [-0.39, 0.29) is 12.7 Å². The van der Waals surface area contributed by atoms with Gasteiger partial charge in [-0.1, -0.05) is 6.92 Å². The second-order valence-corrected chi connectivity index (χ2v) is 4.28. The standard InChI is InChI=1S/C14H22O4/c1-3-11(2)18-14-6-4-13(5-7-14)17-9-8-12(16)10-15/h4-7,11-12,15-16H,3,8-10H2,1-2H3. The van der Waals surface area contributed by atoms with Gasteiger partial charge in [0, 0.05) is 6.42 Å². The van der Waals surface area contributed by atoms with Gasteiger partial charge in [0.25, 0.3) is 0 Å². The van der Waals surface area contributed by atoms with Crippen molar-refractivity contribution >= 4 is 0 Å². The second kappa shape index (κ2) is 7.95. The lowest BCUT2D eigenvalue weighted by Crippen LogP contribution is -2.15. The minimum absolute atomic E-state index is 0.205. The zero-order chi connectivity index (χ0) is 13.4. The number of aliphatic hydroxyl groups excluding tert-OH is 2. The van der Waals surface area contributed by atoms with Gasteiger partial charge in [0.05, 0.1) is 25.4 Å². The van der Waals surface area contributed by atoms with E-state index in [9.17, 15) is 0 Å². The Labute approximate surface area is 108 Å². The molecule has 0 saturated heterocycles. The summed E-state index contributed by atoms with van der Waals surface area (Å²) in [4.78, 5) is 0. The lowest BCUT2D eigenvalue weighted by Gasteiger charge is -2.13. The van der Waals surface area contributed by atoms with Gasteiger partial charge in [-0.05, 0) is 37.6 Å². The van der Waals surface area contributed by atoms with Crippen molar-refractivity contribution in [2.45, 2.75) is 38.9 Å². The Kier molecular flexibility index (Phi) is 6.54. The molecular formula is C14H22O4. The summed E-state index contributed by atoms with van der Waals surface area (Å²) in [6.45, 7) is 4.26. The van der Waals surface area contributed by atoms with E-state index in [2.05, 4.69) is 6.92 Å². The van der Waals surface area contributed by atoms with Crippen LogP contribution in [0.15, 0.2) is 24.3 Å². The van der Waals surface area contributed by atoms with Gasteiger partial charge in [0.1, 0.15) is 11.5 Å². The van der Waals surface area contributed by atoms with Gasteiger partial charge >= 0.3 is 0 Å². The fraction of sp³-hybridized carbons (Fsp3) is 0.571. The van der Waals surface area contributed by atoms with Gasteiger partial charge in [-0.2, -0.15) is 0 Å². The van der Waals surface area contributed by atoms with Crippen molar-refractivity contribution in [1.29, 1.82) is 0 Å². The quantitative estimate of drug-likeness (QED) is 0.745. The van der Waals surface area contributed by atoms with Crippen LogP contribution < -0.4 is 9.47 Å². The largest absolute Gasteiger partial charge is 0.493 e. The normalized spacial score (nSPS) is 14.0. The summed E-state index contributed by atoms with van der Waals surface area (Å²) in [7, 11) is 0. The van der Waals surface area contributed by atoms with E-state index in [0.717, 1.165) is 17.9 Å². The predicted molar refractivity (Wildman–Crippen MR) is 70.0 cm³/mol. The maximum atomic E-state index is 9.16. The Morgan fingerprint density at radius 1 is 1.17 bits per heavy atom. The molecule has 1 rings (SSSR count). The molecule has 4 heteroatoms. The summed E-state index contributed by atoms with van der Waals surface area (Å²) in [5.41, 5.74) is 0. The molecular weight excluding hydrogens is 232 g/mol. The first-order valence-corrected chi connectivity index (χ1v) is 6.34. The van der Waals surface area contributed by atoms with Crippen molar-refractivity contribution in [2.75, 3.05) is 13.2 Å². The summed E-state index contributed by atoms with van der Waals surface area (Å²) in [5.74, 6) is 1.56. The first-order chi connectivity index (χ1) is 8.65. The Hall–Kier alpha value is -1.26. The Bertz CT molecular complexity index is 323. The highest BCUT2D eigenvalue weighted by Crippen LogP contribution is 2.19. The molecule has 0 amide bonds. The number of hydrogen-bond donors (Lipinski definition) is 2. The summed E-state index contributed by atoms with van der Waals surface area (Å²) < 4.78 is 11.1. The molecule has 1 aromatic carbocycles. The van der Waals surface area contributed by atoms with Crippen molar-refractivity contribution in [1.82, 2.24) is 0 Å². The van der Waals surface area contributed by atoms with Crippen molar-refractivity contribution in [3.63, 3.8) is 0 Å². The number of ether oxygens (including phenoxy) is 2. The Morgan fingerprint density at radius 3 is 2.33 bits per heavy atom. The lowest BCUT2D eigenvalue weighted by molar-refractivity contribution is 0.0754. The molecule has 0 aliphatic rings. The number of rotatable bonds is 8. The Morgan fingerprint density at radius 2 is 1.78 bits per heavy atom. The van der Waals surface area contributed by atoms with Crippen LogP contribution in [0.25, 0.3) is 0 Å². The van der Waals surface area contributed by atoms with E-state index in [4.69, 9.17) is 19.7 Å². The van der Waals surface area contributed by atoms with E-state index in [0.29, 0.717) is 13.0 Å². The first-order valence-electron chi connectivity index (χ1n) is 6.34. The highest BCUT2D eigenvalue weighted by Gasteiger charge is 2.03. The van der Waals surface area contributed by atoms with E-state index >= 15 is 0 Å². The molecule has 102 valence electrons. The fourth-order valence-corrected chi connectivity index (χ4v) is 1.33. The summed E-state index contributed by atoms with van der Waals surface area (Å²) >= 11 is 0. The van der Waals surface area contributed by atoms with Crippen LogP contribution in [0.5, 0.6) is 11.5 Å². The molecule has 0 saturated carbocycles. The first kappa shape index (κ1) is 14.8. The number of hydrogen-bond acceptors (Lipinski definition) is 4. The van der Waals surface area contributed by atoms with Crippen LogP contribution in [0.3, 0.4) is 0 Å². The van der Waals surface area contributed by atoms with Crippen molar-refractivity contribution in [3.05, 3.63) is 24.3 Å². The fourth-order valence-electron chi connectivity index (χ4n) is 1.33. The van der Waals surface area contributed by atoms with Crippen LogP contribution >= 0.6 is 0 Å². The summed E-state index contributed by atoms with van der Waals surface area (Å²) in [6.07, 6.45) is 0.883. The minimum atomic E-state index is -0.710. The highest BCUT2D eigenvalue weighted by molar-refractivity contribution is 5.31. The van der Waals surface area contributed by atoms with E-state index in [1.54, 1.807) is 0 Å². The van der Waals surface area contributed by atoms with Crippen LogP contribution in [-0.4, -0.2) is 35.6 Å². The van der Waals surface area contributed by atoms with Crippen LogP contribution in [0, 0.1) is 0 Å². The Balaban J connectivity index is 2.36. The molecule has 0 radical (unpaired) electrons. The molecule has 0 aliphatic heterocycles. The average Bonchev–Trinajstić information content (AvgIpc) is 2.40. The molecule has 2 atom stereocenters. The molecule has 4 nitrogen and oxygen atoms in total. The predicted octanol–water partition coefficient (Wildman–Crippen LogP) is 1.99. The third kappa shape index (κ3) is 5.38. The molecule has 2 N–H and O–H groups in total. The zero-order valence-corrected chi connectivity index (χ0v) is 11.0. The van der Waals surface area contributed by atoms with Gasteiger partial charge in [0.15, 0.2) is 0 Å². The van der Waals surface area contributed by atoms with Crippen molar-refractivity contribution in [3.8, 4) is 11.5 Å². The van der Waals surface area contributed by atoms with Crippen LogP contribution in [0.1, 0.15) is 26.7 Å². The van der Waals surface area contributed by atoms with Gasteiger partial charge in [0.2, 0.25) is 0 Å². The van der Waals surface area contributed by atoms with Gasteiger partial charge in [-0.15, -0.1) is 0 Å². The minimum Gasteiger partial charge on any atom is -0.493 e. The summed E-state index contributed by atoms with van der Waals surface area (Å²) in [6, 6.07) is 7.40. The monoisotopic (exact) mass is 254 g/mol.